The number of hydrogen-bond donors (Lipinski definition) is 0. The van der Waals surface area contributed by atoms with Crippen LogP contribution in [0, 0.1) is 13.8 Å². The summed E-state index contributed by atoms with van der Waals surface area (Å²) in [5.74, 6) is -1.02. The zero-order valence-electron chi connectivity index (χ0n) is 17.8. The Morgan fingerprint density at radius 3 is 2.69 bits per heavy atom. The number of nitrogens with zero attached hydrogens (tertiary/aromatic N) is 2. The van der Waals surface area contributed by atoms with Gasteiger partial charge in [-0.05, 0) is 63.1 Å². The number of furan rings is 1. The second kappa shape index (κ2) is 9.16. The van der Waals surface area contributed by atoms with Crippen LogP contribution in [-0.4, -0.2) is 46.3 Å². The molecule has 1 aliphatic heterocycles. The molecule has 7 nitrogen and oxygen atoms in total. The van der Waals surface area contributed by atoms with Crippen molar-refractivity contribution in [2.75, 3.05) is 13.2 Å². The second-order valence-electron chi connectivity index (χ2n) is 7.76. The first-order valence-electron chi connectivity index (χ1n) is 10.4. The first kappa shape index (κ1) is 22.1. The number of ether oxygens (including phenoxy) is 1. The van der Waals surface area contributed by atoms with E-state index in [1.165, 1.54) is 11.2 Å². The summed E-state index contributed by atoms with van der Waals surface area (Å²) in [6.45, 7) is 3.86. The lowest BCUT2D eigenvalue weighted by Gasteiger charge is -2.22. The number of carbonyl (C=O) groups is 3. The maximum atomic E-state index is 12.9. The maximum absolute atomic E-state index is 12.9. The Morgan fingerprint density at radius 2 is 1.97 bits per heavy atom. The van der Waals surface area contributed by atoms with Crippen molar-refractivity contribution in [3.8, 4) is 5.69 Å². The number of rotatable bonds is 6. The number of benzene rings is 1. The third-order valence-corrected chi connectivity index (χ3v) is 6.15. The molecule has 3 heterocycles. The minimum Gasteiger partial charge on any atom is -0.459 e. The molecule has 1 saturated heterocycles. The molecular weight excluding hydrogens is 476 g/mol. The van der Waals surface area contributed by atoms with Crippen LogP contribution in [0.2, 0.25) is 0 Å². The lowest BCUT2D eigenvalue weighted by atomic mass is 10.1. The Kier molecular flexibility index (Phi) is 6.32. The van der Waals surface area contributed by atoms with Crippen LogP contribution in [0.3, 0.4) is 0 Å². The quantitative estimate of drug-likeness (QED) is 0.369. The smallest absolute Gasteiger partial charge is 0.329 e. The predicted octanol–water partition coefficient (Wildman–Crippen LogP) is 4.48. The van der Waals surface area contributed by atoms with E-state index < -0.39 is 12.0 Å². The third kappa shape index (κ3) is 4.27. The van der Waals surface area contributed by atoms with E-state index in [0.717, 1.165) is 21.5 Å². The van der Waals surface area contributed by atoms with Crippen molar-refractivity contribution in [2.45, 2.75) is 32.7 Å². The van der Waals surface area contributed by atoms with Crippen LogP contribution >= 0.6 is 15.9 Å². The molecule has 0 radical (unpaired) electrons. The number of aryl methyl sites for hydroxylation is 1. The summed E-state index contributed by atoms with van der Waals surface area (Å²) >= 11 is 3.47. The van der Waals surface area contributed by atoms with Gasteiger partial charge in [0, 0.05) is 33.7 Å². The Hall–Kier alpha value is -3.13. The van der Waals surface area contributed by atoms with E-state index in [9.17, 15) is 14.4 Å². The van der Waals surface area contributed by atoms with E-state index in [2.05, 4.69) is 15.9 Å². The van der Waals surface area contributed by atoms with Crippen molar-refractivity contribution in [1.82, 2.24) is 9.47 Å². The van der Waals surface area contributed by atoms with E-state index in [-0.39, 0.29) is 24.1 Å². The number of hydrogen-bond acceptors (Lipinski definition) is 5. The number of esters is 1. The van der Waals surface area contributed by atoms with Crippen molar-refractivity contribution >= 4 is 33.6 Å². The van der Waals surface area contributed by atoms with Gasteiger partial charge in [0.15, 0.2) is 12.4 Å². The van der Waals surface area contributed by atoms with Crippen molar-refractivity contribution in [3.63, 3.8) is 0 Å². The average molecular weight is 499 g/mol. The van der Waals surface area contributed by atoms with E-state index in [0.29, 0.717) is 24.9 Å². The Labute approximate surface area is 194 Å². The minimum atomic E-state index is -0.713. The first-order chi connectivity index (χ1) is 15.4. The maximum Gasteiger partial charge on any atom is 0.329 e. The largest absolute Gasteiger partial charge is 0.459 e. The fraction of sp³-hybridized carbons (Fsp3) is 0.292. The molecule has 2 aromatic heterocycles. The van der Waals surface area contributed by atoms with E-state index in [1.807, 2.05) is 42.7 Å². The second-order valence-corrected chi connectivity index (χ2v) is 8.68. The van der Waals surface area contributed by atoms with Gasteiger partial charge in [0.1, 0.15) is 6.04 Å². The van der Waals surface area contributed by atoms with Gasteiger partial charge >= 0.3 is 5.97 Å². The lowest BCUT2D eigenvalue weighted by Crippen LogP contribution is -2.41. The highest BCUT2D eigenvalue weighted by molar-refractivity contribution is 9.10. The SMILES string of the molecule is Cc1cc(C(=O)COC(=O)[C@@H]2CCCN2C(=O)c2ccco2)c(C)n1-c1cccc(Br)c1. The summed E-state index contributed by atoms with van der Waals surface area (Å²) in [6, 6.07) is 12.1. The summed E-state index contributed by atoms with van der Waals surface area (Å²) in [6.07, 6.45) is 2.60. The summed E-state index contributed by atoms with van der Waals surface area (Å²) in [4.78, 5) is 39.6. The van der Waals surface area contributed by atoms with Crippen LogP contribution in [0.25, 0.3) is 5.69 Å². The van der Waals surface area contributed by atoms with Crippen LogP contribution < -0.4 is 0 Å². The number of Topliss-reactive ketones (excluding diaryl/α,β-unsaturated/α-hetero) is 1. The lowest BCUT2D eigenvalue weighted by molar-refractivity contribution is -0.147. The molecule has 32 heavy (non-hydrogen) atoms. The first-order valence-corrected chi connectivity index (χ1v) is 11.2. The Balaban J connectivity index is 1.44. The van der Waals surface area contributed by atoms with Gasteiger partial charge < -0.3 is 18.6 Å². The van der Waals surface area contributed by atoms with Gasteiger partial charge in [-0.3, -0.25) is 9.59 Å². The Bertz CT molecular complexity index is 1170. The monoisotopic (exact) mass is 498 g/mol. The molecule has 1 fully saturated rings. The normalized spacial score (nSPS) is 15.7. The molecule has 0 unspecified atom stereocenters. The molecule has 0 aliphatic carbocycles. The highest BCUT2D eigenvalue weighted by Crippen LogP contribution is 2.25. The highest BCUT2D eigenvalue weighted by Gasteiger charge is 2.37. The summed E-state index contributed by atoms with van der Waals surface area (Å²) in [7, 11) is 0. The number of amides is 1. The summed E-state index contributed by atoms with van der Waals surface area (Å²) in [5.41, 5.74) is 3.12. The molecule has 166 valence electrons. The molecule has 1 atom stereocenters. The number of halogens is 1. The van der Waals surface area contributed by atoms with Gasteiger partial charge in [0.25, 0.3) is 5.91 Å². The third-order valence-electron chi connectivity index (χ3n) is 5.66. The fourth-order valence-corrected chi connectivity index (χ4v) is 4.55. The number of ketones is 1. The van der Waals surface area contributed by atoms with E-state index in [4.69, 9.17) is 9.15 Å². The van der Waals surface area contributed by atoms with Crippen molar-refractivity contribution < 1.29 is 23.5 Å². The number of likely N-dealkylation sites (tertiary alicyclic amines) is 1. The van der Waals surface area contributed by atoms with Gasteiger partial charge in [0.2, 0.25) is 5.78 Å². The predicted molar refractivity (Wildman–Crippen MR) is 121 cm³/mol. The summed E-state index contributed by atoms with van der Waals surface area (Å²) in [5, 5.41) is 0. The van der Waals surface area contributed by atoms with Gasteiger partial charge in [-0.15, -0.1) is 0 Å². The van der Waals surface area contributed by atoms with Crippen molar-refractivity contribution in [2.24, 2.45) is 0 Å². The molecule has 8 heteroatoms. The minimum absolute atomic E-state index is 0.181. The van der Waals surface area contributed by atoms with Crippen molar-refractivity contribution in [1.29, 1.82) is 0 Å². The Morgan fingerprint density at radius 1 is 1.16 bits per heavy atom. The molecule has 0 spiro atoms. The molecule has 1 aromatic carbocycles. The zero-order valence-corrected chi connectivity index (χ0v) is 19.4. The van der Waals surface area contributed by atoms with E-state index in [1.54, 1.807) is 18.2 Å². The zero-order chi connectivity index (χ0) is 22.8. The van der Waals surface area contributed by atoms with Crippen LogP contribution in [0.5, 0.6) is 0 Å². The molecule has 4 rings (SSSR count). The number of aromatic nitrogens is 1. The highest BCUT2D eigenvalue weighted by atomic mass is 79.9. The van der Waals surface area contributed by atoms with Crippen LogP contribution in [0.15, 0.2) is 57.6 Å². The van der Waals surface area contributed by atoms with E-state index >= 15 is 0 Å². The van der Waals surface area contributed by atoms with Crippen LogP contribution in [0.1, 0.15) is 45.1 Å². The van der Waals surface area contributed by atoms with Crippen LogP contribution in [-0.2, 0) is 9.53 Å². The molecule has 0 bridgehead atoms. The molecule has 1 aliphatic rings. The standard InChI is InChI=1S/C24H23BrN2O5/c1-15-12-19(16(2)27(15)18-7-3-6-17(25)13-18)21(28)14-32-24(30)20-8-4-10-26(20)23(29)22-9-5-11-31-22/h3,5-7,9,11-13,20H,4,8,10,14H2,1-2H3/t20-/m0/s1. The summed E-state index contributed by atoms with van der Waals surface area (Å²) < 4.78 is 13.4. The topological polar surface area (TPSA) is 81.8 Å². The average Bonchev–Trinajstić information content (AvgIpc) is 3.52. The molecule has 0 saturated carbocycles. The molecule has 1 amide bonds. The van der Waals surface area contributed by atoms with Crippen LogP contribution in [0.4, 0.5) is 0 Å². The fourth-order valence-electron chi connectivity index (χ4n) is 4.16. The van der Waals surface area contributed by atoms with Gasteiger partial charge in [0.05, 0.1) is 6.26 Å². The number of carbonyl (C=O) groups excluding carboxylic acids is 3. The van der Waals surface area contributed by atoms with Crippen molar-refractivity contribution in [3.05, 3.63) is 75.9 Å². The molecule has 3 aromatic rings. The van der Waals surface area contributed by atoms with Gasteiger partial charge in [-0.1, -0.05) is 22.0 Å². The molecule has 0 N–H and O–H groups in total. The van der Waals surface area contributed by atoms with Gasteiger partial charge in [-0.2, -0.15) is 0 Å². The molecular formula is C24H23BrN2O5. The van der Waals surface area contributed by atoms with Gasteiger partial charge in [-0.25, -0.2) is 4.79 Å².